The van der Waals surface area contributed by atoms with E-state index in [4.69, 9.17) is 0 Å². The number of anilines is 2. The van der Waals surface area contributed by atoms with Crippen molar-refractivity contribution < 1.29 is 9.59 Å². The second-order valence-corrected chi connectivity index (χ2v) is 6.27. The SMILES string of the molecule is CC(=O)N1CCN(C(=O)c2cc(Nc3ccccc3C#N)nc(C)n2)CC1. The summed E-state index contributed by atoms with van der Waals surface area (Å²) in [4.78, 5) is 36.2. The minimum Gasteiger partial charge on any atom is -0.339 e. The minimum atomic E-state index is -0.194. The molecule has 8 nitrogen and oxygen atoms in total. The van der Waals surface area contributed by atoms with Crippen LogP contribution in [0.25, 0.3) is 0 Å². The number of piperazine rings is 1. The molecule has 2 amide bonds. The van der Waals surface area contributed by atoms with Gasteiger partial charge in [0.25, 0.3) is 5.91 Å². The molecule has 1 fully saturated rings. The molecule has 1 aromatic carbocycles. The van der Waals surface area contributed by atoms with Crippen LogP contribution < -0.4 is 5.32 Å². The summed E-state index contributed by atoms with van der Waals surface area (Å²) in [7, 11) is 0. The maximum atomic E-state index is 12.8. The molecule has 0 unspecified atom stereocenters. The standard InChI is InChI=1S/C19H20N6O2/c1-13-21-17(19(27)25-9-7-24(8-10-25)14(2)26)11-18(22-13)23-16-6-4-3-5-15(16)12-20/h3-6,11H,7-10H2,1-2H3,(H,21,22,23). The quantitative estimate of drug-likeness (QED) is 0.889. The van der Waals surface area contributed by atoms with E-state index >= 15 is 0 Å². The number of amides is 2. The Kier molecular flexibility index (Phi) is 5.31. The second-order valence-electron chi connectivity index (χ2n) is 6.27. The van der Waals surface area contributed by atoms with Crippen molar-refractivity contribution in [3.8, 4) is 6.07 Å². The third-order valence-electron chi connectivity index (χ3n) is 4.38. The van der Waals surface area contributed by atoms with Crippen LogP contribution in [-0.4, -0.2) is 57.8 Å². The first-order chi connectivity index (χ1) is 13.0. The number of nitrogens with one attached hydrogen (secondary N) is 1. The van der Waals surface area contributed by atoms with E-state index in [0.717, 1.165) is 0 Å². The topological polar surface area (TPSA) is 102 Å². The first-order valence-electron chi connectivity index (χ1n) is 8.64. The summed E-state index contributed by atoms with van der Waals surface area (Å²) in [5.74, 6) is 0.735. The van der Waals surface area contributed by atoms with Gasteiger partial charge in [0.15, 0.2) is 0 Å². The highest BCUT2D eigenvalue weighted by molar-refractivity contribution is 5.93. The molecule has 0 aliphatic carbocycles. The predicted molar refractivity (Wildman–Crippen MR) is 99.4 cm³/mol. The molecule has 0 saturated carbocycles. The molecule has 2 aromatic rings. The molecule has 0 bridgehead atoms. The fourth-order valence-corrected chi connectivity index (χ4v) is 2.96. The lowest BCUT2D eigenvalue weighted by Gasteiger charge is -2.34. The Morgan fingerprint density at radius 3 is 2.44 bits per heavy atom. The molecular weight excluding hydrogens is 344 g/mol. The number of para-hydroxylation sites is 1. The Hall–Kier alpha value is -3.47. The van der Waals surface area contributed by atoms with Gasteiger partial charge in [0.05, 0.1) is 11.3 Å². The number of rotatable bonds is 3. The average Bonchev–Trinajstić information content (AvgIpc) is 2.67. The van der Waals surface area contributed by atoms with Gasteiger partial charge in [-0.1, -0.05) is 12.1 Å². The van der Waals surface area contributed by atoms with E-state index in [0.29, 0.717) is 49.1 Å². The monoisotopic (exact) mass is 364 g/mol. The van der Waals surface area contributed by atoms with Gasteiger partial charge in [-0.3, -0.25) is 9.59 Å². The Bertz CT molecular complexity index is 913. The lowest BCUT2D eigenvalue weighted by atomic mass is 10.2. The lowest BCUT2D eigenvalue weighted by Crippen LogP contribution is -2.50. The van der Waals surface area contributed by atoms with Gasteiger partial charge in [-0.2, -0.15) is 5.26 Å². The van der Waals surface area contributed by atoms with Gasteiger partial charge in [-0.25, -0.2) is 9.97 Å². The van der Waals surface area contributed by atoms with Crippen LogP contribution in [0, 0.1) is 18.3 Å². The summed E-state index contributed by atoms with van der Waals surface area (Å²) in [6.07, 6.45) is 0. The van der Waals surface area contributed by atoms with Crippen LogP contribution in [0.4, 0.5) is 11.5 Å². The number of hydrogen-bond acceptors (Lipinski definition) is 6. The maximum absolute atomic E-state index is 12.8. The maximum Gasteiger partial charge on any atom is 0.272 e. The van der Waals surface area contributed by atoms with Crippen molar-refractivity contribution in [1.29, 1.82) is 5.26 Å². The Morgan fingerprint density at radius 1 is 1.11 bits per heavy atom. The molecule has 0 atom stereocenters. The largest absolute Gasteiger partial charge is 0.339 e. The first kappa shape index (κ1) is 18.3. The summed E-state index contributed by atoms with van der Waals surface area (Å²) in [5.41, 5.74) is 1.39. The normalized spacial score (nSPS) is 13.8. The van der Waals surface area contributed by atoms with Crippen LogP contribution in [0.15, 0.2) is 30.3 Å². The fraction of sp³-hybridized carbons (Fsp3) is 0.316. The summed E-state index contributed by atoms with van der Waals surface area (Å²) in [5, 5.41) is 12.3. The number of carbonyl (C=O) groups is 2. The molecule has 27 heavy (non-hydrogen) atoms. The minimum absolute atomic E-state index is 0.0163. The van der Waals surface area contributed by atoms with Crippen molar-refractivity contribution in [3.05, 3.63) is 47.4 Å². The smallest absolute Gasteiger partial charge is 0.272 e. The highest BCUT2D eigenvalue weighted by atomic mass is 16.2. The highest BCUT2D eigenvalue weighted by Crippen LogP contribution is 2.20. The van der Waals surface area contributed by atoms with Crippen molar-refractivity contribution in [2.45, 2.75) is 13.8 Å². The van der Waals surface area contributed by atoms with E-state index in [1.165, 1.54) is 6.92 Å². The number of nitriles is 1. The third kappa shape index (κ3) is 4.20. The van der Waals surface area contributed by atoms with Gasteiger partial charge in [-0.05, 0) is 19.1 Å². The number of aromatic nitrogens is 2. The zero-order chi connectivity index (χ0) is 19.4. The summed E-state index contributed by atoms with van der Waals surface area (Å²) >= 11 is 0. The fourth-order valence-electron chi connectivity index (χ4n) is 2.96. The van der Waals surface area contributed by atoms with E-state index in [1.54, 1.807) is 41.0 Å². The van der Waals surface area contributed by atoms with Gasteiger partial charge in [0, 0.05) is 39.2 Å². The van der Waals surface area contributed by atoms with Crippen molar-refractivity contribution in [2.75, 3.05) is 31.5 Å². The second kappa shape index (κ2) is 7.83. The van der Waals surface area contributed by atoms with Crippen molar-refractivity contribution in [2.24, 2.45) is 0 Å². The van der Waals surface area contributed by atoms with Crippen LogP contribution in [0.5, 0.6) is 0 Å². The van der Waals surface area contributed by atoms with Crippen LogP contribution in [-0.2, 0) is 4.79 Å². The van der Waals surface area contributed by atoms with Gasteiger partial charge in [-0.15, -0.1) is 0 Å². The van der Waals surface area contributed by atoms with Crippen LogP contribution in [0.1, 0.15) is 28.8 Å². The average molecular weight is 364 g/mol. The van der Waals surface area contributed by atoms with Crippen LogP contribution in [0.2, 0.25) is 0 Å². The number of carbonyl (C=O) groups excluding carboxylic acids is 2. The first-order valence-corrected chi connectivity index (χ1v) is 8.64. The van der Waals surface area contributed by atoms with E-state index in [2.05, 4.69) is 21.4 Å². The van der Waals surface area contributed by atoms with E-state index < -0.39 is 0 Å². The van der Waals surface area contributed by atoms with Gasteiger partial charge >= 0.3 is 0 Å². The zero-order valence-electron chi connectivity index (χ0n) is 15.3. The van der Waals surface area contributed by atoms with Crippen molar-refractivity contribution in [3.63, 3.8) is 0 Å². The van der Waals surface area contributed by atoms with Crippen LogP contribution in [0.3, 0.4) is 0 Å². The van der Waals surface area contributed by atoms with Crippen LogP contribution >= 0.6 is 0 Å². The molecule has 1 aromatic heterocycles. The van der Waals surface area contributed by atoms with Gasteiger partial charge < -0.3 is 15.1 Å². The number of nitrogens with zero attached hydrogens (tertiary/aromatic N) is 5. The molecule has 0 spiro atoms. The Labute approximate surface area is 157 Å². The Morgan fingerprint density at radius 2 is 1.78 bits per heavy atom. The molecular formula is C19H20N6O2. The lowest BCUT2D eigenvalue weighted by molar-refractivity contribution is -0.130. The number of benzene rings is 1. The molecule has 2 heterocycles. The summed E-state index contributed by atoms with van der Waals surface area (Å²) in [6.45, 7) is 5.23. The van der Waals surface area contributed by atoms with Gasteiger partial charge in [0.1, 0.15) is 23.4 Å². The van der Waals surface area contributed by atoms with Crippen molar-refractivity contribution >= 4 is 23.3 Å². The molecule has 1 N–H and O–H groups in total. The van der Waals surface area contributed by atoms with Gasteiger partial charge in [0.2, 0.25) is 5.91 Å². The molecule has 138 valence electrons. The molecule has 1 aliphatic rings. The molecule has 0 radical (unpaired) electrons. The zero-order valence-corrected chi connectivity index (χ0v) is 15.3. The van der Waals surface area contributed by atoms with E-state index in [-0.39, 0.29) is 17.5 Å². The number of aryl methyl sites for hydroxylation is 1. The number of hydrogen-bond donors (Lipinski definition) is 1. The Balaban J connectivity index is 1.78. The third-order valence-corrected chi connectivity index (χ3v) is 4.38. The van der Waals surface area contributed by atoms with E-state index in [9.17, 15) is 14.9 Å². The van der Waals surface area contributed by atoms with E-state index in [1.807, 2.05) is 6.07 Å². The summed E-state index contributed by atoms with van der Waals surface area (Å²) in [6, 6.07) is 10.8. The van der Waals surface area contributed by atoms with Crippen molar-refractivity contribution in [1.82, 2.24) is 19.8 Å². The molecule has 3 rings (SSSR count). The molecule has 1 saturated heterocycles. The highest BCUT2D eigenvalue weighted by Gasteiger charge is 2.24. The summed E-state index contributed by atoms with van der Waals surface area (Å²) < 4.78 is 0. The molecule has 8 heteroatoms. The molecule has 1 aliphatic heterocycles. The predicted octanol–water partition coefficient (Wildman–Crippen LogP) is 1.70.